The lowest BCUT2D eigenvalue weighted by Crippen LogP contribution is -2.07. The van der Waals surface area contributed by atoms with Crippen LogP contribution in [0.25, 0.3) is 5.69 Å². The van der Waals surface area contributed by atoms with Gasteiger partial charge in [-0.3, -0.25) is 9.55 Å². The summed E-state index contributed by atoms with van der Waals surface area (Å²) in [7, 11) is 0. The van der Waals surface area contributed by atoms with E-state index in [0.29, 0.717) is 11.0 Å². The van der Waals surface area contributed by atoms with Gasteiger partial charge < -0.3 is 9.84 Å². The van der Waals surface area contributed by atoms with Gasteiger partial charge in [-0.15, -0.1) is 0 Å². The number of aliphatic hydroxyl groups is 1. The Morgan fingerprint density at radius 2 is 2.10 bits per heavy atom. The summed E-state index contributed by atoms with van der Waals surface area (Å²) in [6, 6.07) is 8.41. The molecule has 7 heteroatoms. The minimum absolute atomic E-state index is 0.229. The molecular weight excluding hydrogens is 401 g/mol. The average molecular weight is 424 g/mol. The van der Waals surface area contributed by atoms with Gasteiger partial charge in [0.15, 0.2) is 5.16 Å². The zero-order valence-electron chi connectivity index (χ0n) is 16.4. The summed E-state index contributed by atoms with van der Waals surface area (Å²) in [4.78, 5) is 8.88. The summed E-state index contributed by atoms with van der Waals surface area (Å²) in [5.74, 6) is 4.95. The van der Waals surface area contributed by atoms with Crippen LogP contribution in [-0.4, -0.2) is 31.5 Å². The van der Waals surface area contributed by atoms with Crippen LogP contribution >= 0.6 is 11.8 Å². The summed E-state index contributed by atoms with van der Waals surface area (Å²) in [6.45, 7) is -0.0640. The van der Waals surface area contributed by atoms with Crippen LogP contribution < -0.4 is 4.74 Å². The molecule has 2 aromatic heterocycles. The highest BCUT2D eigenvalue weighted by Crippen LogP contribution is 2.35. The summed E-state index contributed by atoms with van der Waals surface area (Å²) in [6.07, 6.45) is 10.3. The Labute approximate surface area is 179 Å². The molecule has 1 N–H and O–H groups in total. The normalized spacial score (nSPS) is 13.8. The van der Waals surface area contributed by atoms with Crippen molar-refractivity contribution in [2.45, 2.75) is 42.7 Å². The molecule has 1 fully saturated rings. The summed E-state index contributed by atoms with van der Waals surface area (Å²) in [5, 5.41) is 10.3. The van der Waals surface area contributed by atoms with Gasteiger partial charge in [0.25, 0.3) is 0 Å². The first-order valence-electron chi connectivity index (χ1n) is 9.90. The Morgan fingerprint density at radius 1 is 1.23 bits per heavy atom. The predicted octanol–water partition coefficient (Wildman–Crippen LogP) is 4.36. The van der Waals surface area contributed by atoms with Crippen molar-refractivity contribution in [3.63, 3.8) is 0 Å². The number of aromatic nitrogens is 3. The van der Waals surface area contributed by atoms with E-state index in [9.17, 15) is 4.39 Å². The number of pyridine rings is 1. The fourth-order valence-electron chi connectivity index (χ4n) is 3.45. The van der Waals surface area contributed by atoms with Crippen molar-refractivity contribution in [2.75, 3.05) is 6.61 Å². The van der Waals surface area contributed by atoms with E-state index >= 15 is 0 Å². The fourth-order valence-corrected chi connectivity index (χ4v) is 4.76. The molecule has 0 saturated heterocycles. The molecule has 0 spiro atoms. The topological polar surface area (TPSA) is 60.2 Å². The molecule has 30 heavy (non-hydrogen) atoms. The molecule has 0 atom stereocenters. The van der Waals surface area contributed by atoms with Gasteiger partial charge in [0.05, 0.1) is 29.3 Å². The molecule has 4 rings (SSSR count). The van der Waals surface area contributed by atoms with E-state index in [0.717, 1.165) is 16.5 Å². The van der Waals surface area contributed by atoms with E-state index < -0.39 is 5.82 Å². The number of thioether (sulfide) groups is 1. The summed E-state index contributed by atoms with van der Waals surface area (Å²) < 4.78 is 22.1. The molecule has 0 unspecified atom stereocenters. The van der Waals surface area contributed by atoms with Crippen molar-refractivity contribution in [3.05, 3.63) is 66.0 Å². The number of rotatable bonds is 6. The fraction of sp³-hybridized carbons (Fsp3) is 0.304. The van der Waals surface area contributed by atoms with Crippen LogP contribution in [0.3, 0.4) is 0 Å². The molecule has 0 radical (unpaired) electrons. The predicted molar refractivity (Wildman–Crippen MR) is 114 cm³/mol. The smallest absolute Gasteiger partial charge is 0.173 e. The first-order valence-corrected chi connectivity index (χ1v) is 10.8. The van der Waals surface area contributed by atoms with Gasteiger partial charge in [-0.05, 0) is 37.1 Å². The number of halogens is 1. The zero-order valence-corrected chi connectivity index (χ0v) is 17.2. The highest BCUT2D eigenvalue weighted by molar-refractivity contribution is 7.99. The molecule has 2 heterocycles. The lowest BCUT2D eigenvalue weighted by molar-refractivity contribution is 0.296. The van der Waals surface area contributed by atoms with Crippen molar-refractivity contribution in [3.8, 4) is 23.3 Å². The van der Waals surface area contributed by atoms with Crippen molar-refractivity contribution in [2.24, 2.45) is 0 Å². The molecular formula is C23H22FN3O2S. The highest BCUT2D eigenvalue weighted by atomic mass is 32.2. The minimum Gasteiger partial charge on any atom is -0.487 e. The number of hydrogen-bond acceptors (Lipinski definition) is 5. The molecule has 1 aliphatic carbocycles. The van der Waals surface area contributed by atoms with Crippen LogP contribution in [0.4, 0.5) is 4.39 Å². The standard InChI is InChI=1S/C23H22FN3O2S/c24-22-13-20(10-9-17(22)5-4-12-28)29-16-19-15-26-23(30-21-7-1-2-8-21)27(19)18-6-3-11-25-14-18/h3,6,9-11,13-15,21,28H,1-2,7-8,12,16H2. The van der Waals surface area contributed by atoms with E-state index in [1.807, 2.05) is 18.3 Å². The number of nitrogens with zero attached hydrogens (tertiary/aromatic N) is 3. The lowest BCUT2D eigenvalue weighted by atomic mass is 10.2. The first kappa shape index (κ1) is 20.5. The van der Waals surface area contributed by atoms with Gasteiger partial charge in [0, 0.05) is 17.5 Å². The van der Waals surface area contributed by atoms with Crippen LogP contribution in [0.2, 0.25) is 0 Å². The van der Waals surface area contributed by atoms with E-state index in [4.69, 9.17) is 9.84 Å². The van der Waals surface area contributed by atoms with E-state index in [1.54, 1.807) is 36.3 Å². The monoisotopic (exact) mass is 423 g/mol. The third-order valence-electron chi connectivity index (χ3n) is 4.91. The van der Waals surface area contributed by atoms with Crippen LogP contribution in [0.5, 0.6) is 5.75 Å². The second-order valence-electron chi connectivity index (χ2n) is 6.99. The number of imidazole rings is 1. The summed E-state index contributed by atoms with van der Waals surface area (Å²) >= 11 is 1.80. The van der Waals surface area contributed by atoms with Crippen LogP contribution in [-0.2, 0) is 6.61 Å². The molecule has 1 aromatic carbocycles. The number of ether oxygens (including phenoxy) is 1. The maximum atomic E-state index is 14.2. The third-order valence-corrected chi connectivity index (χ3v) is 6.21. The Bertz CT molecular complexity index is 1050. The van der Waals surface area contributed by atoms with E-state index in [1.165, 1.54) is 31.7 Å². The van der Waals surface area contributed by atoms with Crippen LogP contribution in [0.1, 0.15) is 36.9 Å². The highest BCUT2D eigenvalue weighted by Gasteiger charge is 2.21. The molecule has 5 nitrogen and oxygen atoms in total. The Hall–Kier alpha value is -2.82. The Balaban J connectivity index is 1.55. The SMILES string of the molecule is OCC#Cc1ccc(OCc2cnc(SC3CCCC3)n2-c2cccnc2)cc1F. The molecule has 0 amide bonds. The minimum atomic E-state index is -0.480. The van der Waals surface area contributed by atoms with Gasteiger partial charge in [-0.1, -0.05) is 36.4 Å². The van der Waals surface area contributed by atoms with Gasteiger partial charge in [0.1, 0.15) is 24.8 Å². The van der Waals surface area contributed by atoms with Crippen LogP contribution in [0.15, 0.2) is 54.1 Å². The largest absolute Gasteiger partial charge is 0.487 e. The Morgan fingerprint density at radius 3 is 2.83 bits per heavy atom. The van der Waals surface area contributed by atoms with Crippen molar-refractivity contribution < 1.29 is 14.2 Å². The van der Waals surface area contributed by atoms with Crippen LogP contribution in [0, 0.1) is 17.7 Å². The third kappa shape index (κ3) is 4.84. The van der Waals surface area contributed by atoms with Gasteiger partial charge in [-0.25, -0.2) is 9.37 Å². The maximum Gasteiger partial charge on any atom is 0.173 e. The first-order chi connectivity index (χ1) is 14.7. The summed E-state index contributed by atoms with van der Waals surface area (Å²) in [5.41, 5.74) is 2.02. The van der Waals surface area contributed by atoms with Gasteiger partial charge in [0.2, 0.25) is 0 Å². The van der Waals surface area contributed by atoms with Crippen molar-refractivity contribution in [1.82, 2.24) is 14.5 Å². The van der Waals surface area contributed by atoms with Gasteiger partial charge >= 0.3 is 0 Å². The molecule has 1 saturated carbocycles. The Kier molecular flexibility index (Phi) is 6.67. The molecule has 0 aliphatic heterocycles. The maximum absolute atomic E-state index is 14.2. The molecule has 154 valence electrons. The van der Waals surface area contributed by atoms with E-state index in [-0.39, 0.29) is 18.8 Å². The molecule has 1 aliphatic rings. The molecule has 3 aromatic rings. The number of hydrogen-bond donors (Lipinski definition) is 1. The average Bonchev–Trinajstić information content (AvgIpc) is 3.42. The molecule has 0 bridgehead atoms. The second-order valence-corrected chi connectivity index (χ2v) is 8.26. The second kappa shape index (κ2) is 9.79. The zero-order chi connectivity index (χ0) is 20.8. The quantitative estimate of drug-likeness (QED) is 0.597. The lowest BCUT2D eigenvalue weighted by Gasteiger charge is -2.14. The van der Waals surface area contributed by atoms with Gasteiger partial charge in [-0.2, -0.15) is 0 Å². The van der Waals surface area contributed by atoms with E-state index in [2.05, 4.69) is 26.4 Å². The van der Waals surface area contributed by atoms with Crippen molar-refractivity contribution >= 4 is 11.8 Å². The van der Waals surface area contributed by atoms with Crippen molar-refractivity contribution in [1.29, 1.82) is 0 Å². The number of aliphatic hydroxyl groups excluding tert-OH is 1. The number of benzene rings is 1.